The van der Waals surface area contributed by atoms with Crippen molar-refractivity contribution in [3.63, 3.8) is 0 Å². The van der Waals surface area contributed by atoms with Crippen LogP contribution in [-0.2, 0) is 11.3 Å². The van der Waals surface area contributed by atoms with E-state index < -0.39 is 0 Å². The number of rotatable bonds is 4. The number of benzene rings is 1. The average molecular weight is 315 g/mol. The lowest BCUT2D eigenvalue weighted by molar-refractivity contribution is -0.116. The zero-order valence-electron chi connectivity index (χ0n) is 11.8. The van der Waals surface area contributed by atoms with Crippen molar-refractivity contribution < 1.29 is 9.53 Å². The molecule has 0 saturated heterocycles. The smallest absolute Gasteiger partial charge is 0.262 e. The van der Waals surface area contributed by atoms with Gasteiger partial charge in [-0.05, 0) is 23.6 Å². The molecule has 1 aromatic carbocycles. The summed E-state index contributed by atoms with van der Waals surface area (Å²) in [7, 11) is 1.53. The maximum absolute atomic E-state index is 12.2. The van der Waals surface area contributed by atoms with E-state index >= 15 is 0 Å². The lowest BCUT2D eigenvalue weighted by Crippen LogP contribution is -2.27. The number of methoxy groups -OCH3 is 1. The lowest BCUT2D eigenvalue weighted by atomic mass is 10.3. The van der Waals surface area contributed by atoms with Gasteiger partial charge in [0, 0.05) is 0 Å². The van der Waals surface area contributed by atoms with Gasteiger partial charge in [0.15, 0.2) is 0 Å². The third-order valence-corrected chi connectivity index (χ3v) is 3.97. The first-order valence-electron chi connectivity index (χ1n) is 6.54. The summed E-state index contributed by atoms with van der Waals surface area (Å²) in [6.07, 6.45) is 1.39. The zero-order valence-corrected chi connectivity index (χ0v) is 12.6. The van der Waals surface area contributed by atoms with Crippen LogP contribution in [0.2, 0.25) is 0 Å². The molecule has 3 rings (SSSR count). The van der Waals surface area contributed by atoms with Crippen LogP contribution in [0.5, 0.6) is 5.75 Å². The number of ether oxygens (including phenoxy) is 1. The van der Waals surface area contributed by atoms with Crippen LogP contribution in [0.4, 0.5) is 5.69 Å². The Bertz CT molecular complexity index is 885. The Morgan fingerprint density at radius 2 is 2.18 bits per heavy atom. The van der Waals surface area contributed by atoms with E-state index in [1.165, 1.54) is 29.3 Å². The van der Waals surface area contributed by atoms with Gasteiger partial charge in [-0.3, -0.25) is 14.2 Å². The largest absolute Gasteiger partial charge is 0.495 e. The van der Waals surface area contributed by atoms with Gasteiger partial charge in [0.2, 0.25) is 5.91 Å². The molecule has 0 aliphatic heterocycles. The number of para-hydroxylation sites is 2. The monoisotopic (exact) mass is 315 g/mol. The number of nitrogens with one attached hydrogen (secondary N) is 1. The van der Waals surface area contributed by atoms with E-state index in [4.69, 9.17) is 4.74 Å². The van der Waals surface area contributed by atoms with Crippen molar-refractivity contribution in [2.45, 2.75) is 6.54 Å². The van der Waals surface area contributed by atoms with Crippen molar-refractivity contribution in [1.82, 2.24) is 9.55 Å². The maximum Gasteiger partial charge on any atom is 0.262 e. The minimum Gasteiger partial charge on any atom is -0.495 e. The van der Waals surface area contributed by atoms with Crippen LogP contribution in [0.1, 0.15) is 0 Å². The van der Waals surface area contributed by atoms with Gasteiger partial charge in [-0.1, -0.05) is 12.1 Å². The molecule has 7 heteroatoms. The average Bonchev–Trinajstić information content (AvgIpc) is 3.00. The van der Waals surface area contributed by atoms with Gasteiger partial charge < -0.3 is 10.1 Å². The minimum absolute atomic E-state index is 0.102. The van der Waals surface area contributed by atoms with Gasteiger partial charge in [0.25, 0.3) is 5.56 Å². The standard InChI is InChI=1S/C15H13N3O3S/c1-21-12-5-3-2-4-11(12)17-13(19)8-18-9-16-14-10(15(18)20)6-7-22-14/h2-7,9H,8H2,1H3,(H,17,19). The third kappa shape index (κ3) is 2.71. The Kier molecular flexibility index (Phi) is 3.88. The molecule has 3 aromatic rings. The highest BCUT2D eigenvalue weighted by molar-refractivity contribution is 7.16. The predicted molar refractivity (Wildman–Crippen MR) is 85.5 cm³/mol. The van der Waals surface area contributed by atoms with Crippen molar-refractivity contribution in [3.05, 3.63) is 52.4 Å². The van der Waals surface area contributed by atoms with E-state index in [9.17, 15) is 9.59 Å². The summed E-state index contributed by atoms with van der Waals surface area (Å²) in [5.74, 6) is 0.248. The highest BCUT2D eigenvalue weighted by atomic mass is 32.1. The summed E-state index contributed by atoms with van der Waals surface area (Å²) in [6, 6.07) is 8.81. The normalized spacial score (nSPS) is 10.6. The quantitative estimate of drug-likeness (QED) is 0.800. The summed E-state index contributed by atoms with van der Waals surface area (Å²) in [5, 5.41) is 5.06. The minimum atomic E-state index is -0.317. The van der Waals surface area contributed by atoms with Crippen LogP contribution in [-0.4, -0.2) is 22.6 Å². The fourth-order valence-corrected chi connectivity index (χ4v) is 2.82. The van der Waals surface area contributed by atoms with Gasteiger partial charge in [0.05, 0.1) is 24.5 Å². The van der Waals surface area contributed by atoms with Crippen molar-refractivity contribution in [1.29, 1.82) is 0 Å². The Morgan fingerprint density at radius 1 is 1.36 bits per heavy atom. The van der Waals surface area contributed by atoms with E-state index in [0.717, 1.165) is 0 Å². The number of carbonyl (C=O) groups excluding carboxylic acids is 1. The topological polar surface area (TPSA) is 73.2 Å². The van der Waals surface area contributed by atoms with Crippen molar-refractivity contribution in [3.8, 4) is 5.75 Å². The van der Waals surface area contributed by atoms with E-state index in [1.807, 2.05) is 6.07 Å². The summed E-state index contributed by atoms with van der Waals surface area (Å²) in [6.45, 7) is -0.102. The summed E-state index contributed by atoms with van der Waals surface area (Å²) in [5.41, 5.74) is 0.342. The van der Waals surface area contributed by atoms with Gasteiger partial charge in [0.1, 0.15) is 17.1 Å². The van der Waals surface area contributed by atoms with E-state index in [-0.39, 0.29) is 18.0 Å². The number of anilines is 1. The number of amides is 1. The summed E-state index contributed by atoms with van der Waals surface area (Å²) >= 11 is 1.40. The number of nitrogens with zero attached hydrogens (tertiary/aromatic N) is 2. The first kappa shape index (κ1) is 14.3. The molecule has 112 valence electrons. The number of thiophene rings is 1. The first-order valence-corrected chi connectivity index (χ1v) is 7.42. The van der Waals surface area contributed by atoms with Crippen molar-refractivity contribution in [2.75, 3.05) is 12.4 Å². The van der Waals surface area contributed by atoms with Crippen LogP contribution in [0.25, 0.3) is 10.2 Å². The predicted octanol–water partition coefficient (Wildman–Crippen LogP) is 2.11. The molecule has 6 nitrogen and oxygen atoms in total. The molecule has 2 aromatic heterocycles. The second kappa shape index (κ2) is 5.98. The van der Waals surface area contributed by atoms with Gasteiger partial charge in [-0.2, -0.15) is 0 Å². The lowest BCUT2D eigenvalue weighted by Gasteiger charge is -2.10. The Hall–Kier alpha value is -2.67. The first-order chi connectivity index (χ1) is 10.7. The van der Waals surface area contributed by atoms with E-state index in [2.05, 4.69) is 10.3 Å². The van der Waals surface area contributed by atoms with Crippen molar-refractivity contribution >= 4 is 33.1 Å². The van der Waals surface area contributed by atoms with E-state index in [1.54, 1.807) is 29.6 Å². The summed E-state index contributed by atoms with van der Waals surface area (Å²) < 4.78 is 6.46. The molecular formula is C15H13N3O3S. The number of aromatic nitrogens is 2. The van der Waals surface area contributed by atoms with Crippen LogP contribution < -0.4 is 15.6 Å². The molecule has 1 amide bonds. The molecule has 0 radical (unpaired) electrons. The third-order valence-electron chi connectivity index (χ3n) is 3.15. The van der Waals surface area contributed by atoms with Crippen molar-refractivity contribution in [2.24, 2.45) is 0 Å². The number of hydrogen-bond donors (Lipinski definition) is 1. The van der Waals surface area contributed by atoms with Gasteiger partial charge in [-0.15, -0.1) is 11.3 Å². The number of hydrogen-bond acceptors (Lipinski definition) is 5. The Morgan fingerprint density at radius 3 is 3.00 bits per heavy atom. The maximum atomic E-state index is 12.2. The van der Waals surface area contributed by atoms with E-state index in [0.29, 0.717) is 21.7 Å². The Balaban J connectivity index is 1.81. The molecule has 0 spiro atoms. The highest BCUT2D eigenvalue weighted by Gasteiger charge is 2.10. The second-order valence-electron chi connectivity index (χ2n) is 4.57. The second-order valence-corrected chi connectivity index (χ2v) is 5.46. The van der Waals surface area contributed by atoms with Crippen LogP contribution in [0.15, 0.2) is 46.8 Å². The molecule has 0 fully saturated rings. The van der Waals surface area contributed by atoms with Crippen LogP contribution >= 0.6 is 11.3 Å². The molecule has 0 bridgehead atoms. The molecule has 0 unspecified atom stereocenters. The SMILES string of the molecule is COc1ccccc1NC(=O)Cn1cnc2sccc2c1=O. The summed E-state index contributed by atoms with van der Waals surface area (Å²) in [4.78, 5) is 29.2. The molecule has 0 saturated carbocycles. The van der Waals surface area contributed by atoms with Crippen LogP contribution in [0, 0.1) is 0 Å². The highest BCUT2D eigenvalue weighted by Crippen LogP contribution is 2.22. The van der Waals surface area contributed by atoms with Gasteiger partial charge >= 0.3 is 0 Å². The molecule has 0 aliphatic rings. The fraction of sp³-hybridized carbons (Fsp3) is 0.133. The van der Waals surface area contributed by atoms with Gasteiger partial charge in [-0.25, -0.2) is 4.98 Å². The fourth-order valence-electron chi connectivity index (χ4n) is 2.10. The zero-order chi connectivity index (χ0) is 15.5. The molecule has 2 heterocycles. The molecule has 22 heavy (non-hydrogen) atoms. The number of carbonyl (C=O) groups is 1. The molecule has 0 aliphatic carbocycles. The number of fused-ring (bicyclic) bond motifs is 1. The molecule has 1 N–H and O–H groups in total. The molecular weight excluding hydrogens is 302 g/mol. The Labute approximate surface area is 130 Å². The van der Waals surface area contributed by atoms with Crippen LogP contribution in [0.3, 0.4) is 0 Å². The molecule has 0 atom stereocenters.